The molecule has 0 atom stereocenters. The lowest BCUT2D eigenvalue weighted by Gasteiger charge is -1.91. The van der Waals surface area contributed by atoms with Crippen molar-refractivity contribution in [2.24, 2.45) is 0 Å². The van der Waals surface area contributed by atoms with Gasteiger partial charge >= 0.3 is 12.4 Å². The van der Waals surface area contributed by atoms with Gasteiger partial charge in [0.25, 0.3) is 0 Å². The highest BCUT2D eigenvalue weighted by Gasteiger charge is 1.99. The average Bonchev–Trinajstić information content (AvgIpc) is 1.89. The number of ether oxygens (including phenoxy) is 1. The van der Waals surface area contributed by atoms with E-state index in [4.69, 9.17) is 0 Å². The van der Waals surface area contributed by atoms with Crippen molar-refractivity contribution in [3.8, 4) is 0 Å². The Labute approximate surface area is 58.2 Å². The third-order valence-electron chi connectivity index (χ3n) is 0.882. The molecule has 0 saturated carbocycles. The van der Waals surface area contributed by atoms with Crippen molar-refractivity contribution in [3.63, 3.8) is 0 Å². The molecule has 0 aliphatic rings. The first kappa shape index (κ1) is 8.81. The van der Waals surface area contributed by atoms with Crippen molar-refractivity contribution >= 4 is 18.7 Å². The van der Waals surface area contributed by atoms with Crippen LogP contribution >= 0.6 is 0 Å². The molecule has 10 heavy (non-hydrogen) atoms. The predicted octanol–water partition coefficient (Wildman–Crippen LogP) is 0.0552. The van der Waals surface area contributed by atoms with Crippen LogP contribution in [-0.2, 0) is 19.1 Å². The standard InChI is InChI=1S/C6H8O4/c7-4-2-1-3-6(9)10-5-8/h4-5H,1-3H2. The summed E-state index contributed by atoms with van der Waals surface area (Å²) in [6.45, 7) is 0.0866. The zero-order valence-corrected chi connectivity index (χ0v) is 5.41. The fourth-order valence-electron chi connectivity index (χ4n) is 0.442. The lowest BCUT2D eigenvalue weighted by Crippen LogP contribution is -2.01. The summed E-state index contributed by atoms with van der Waals surface area (Å²) in [5.41, 5.74) is 0. The Kier molecular flexibility index (Phi) is 5.23. The van der Waals surface area contributed by atoms with E-state index in [0.29, 0.717) is 19.1 Å². The van der Waals surface area contributed by atoms with Crippen molar-refractivity contribution in [3.05, 3.63) is 0 Å². The van der Waals surface area contributed by atoms with E-state index >= 15 is 0 Å². The van der Waals surface area contributed by atoms with Gasteiger partial charge in [0.1, 0.15) is 6.29 Å². The fourth-order valence-corrected chi connectivity index (χ4v) is 0.442. The van der Waals surface area contributed by atoms with Gasteiger partial charge in [-0.3, -0.25) is 9.59 Å². The summed E-state index contributed by atoms with van der Waals surface area (Å²) in [5.74, 6) is -0.586. The second-order valence-electron chi connectivity index (χ2n) is 1.64. The molecule has 0 N–H and O–H groups in total. The van der Waals surface area contributed by atoms with Crippen molar-refractivity contribution in [1.29, 1.82) is 0 Å². The van der Waals surface area contributed by atoms with Crippen LogP contribution in [0.25, 0.3) is 0 Å². The molecule has 0 aromatic rings. The van der Waals surface area contributed by atoms with E-state index in [0.717, 1.165) is 0 Å². The minimum absolute atomic E-state index is 0.0866. The molecule has 0 aliphatic carbocycles. The molecule has 0 aromatic carbocycles. The minimum atomic E-state index is -0.586. The molecule has 0 unspecified atom stereocenters. The van der Waals surface area contributed by atoms with E-state index in [2.05, 4.69) is 4.74 Å². The fraction of sp³-hybridized carbons (Fsp3) is 0.500. The van der Waals surface area contributed by atoms with Crippen LogP contribution in [0.3, 0.4) is 0 Å². The molecule has 0 heterocycles. The minimum Gasteiger partial charge on any atom is -0.395 e. The maximum Gasteiger partial charge on any atom is 0.313 e. The van der Waals surface area contributed by atoms with Crippen LogP contribution < -0.4 is 0 Å². The van der Waals surface area contributed by atoms with Gasteiger partial charge in [-0.25, -0.2) is 0 Å². The van der Waals surface area contributed by atoms with Gasteiger partial charge in [0.05, 0.1) is 0 Å². The van der Waals surface area contributed by atoms with Crippen molar-refractivity contribution in [2.45, 2.75) is 19.3 Å². The molecule has 0 spiro atoms. The largest absolute Gasteiger partial charge is 0.395 e. The van der Waals surface area contributed by atoms with Crippen molar-refractivity contribution in [2.75, 3.05) is 0 Å². The predicted molar refractivity (Wildman–Crippen MR) is 32.1 cm³/mol. The first-order valence-electron chi connectivity index (χ1n) is 2.88. The quantitative estimate of drug-likeness (QED) is 0.237. The number of hydrogen-bond acceptors (Lipinski definition) is 4. The highest BCUT2D eigenvalue weighted by Crippen LogP contribution is 1.93. The number of aldehydes is 1. The molecule has 0 aliphatic heterocycles. The van der Waals surface area contributed by atoms with Crippen LogP contribution in [-0.4, -0.2) is 18.7 Å². The SMILES string of the molecule is O=CCCCC(=O)OC=O. The number of rotatable bonds is 5. The second kappa shape index (κ2) is 5.94. The van der Waals surface area contributed by atoms with E-state index < -0.39 is 5.97 Å². The molecule has 0 aromatic heterocycles. The van der Waals surface area contributed by atoms with Crippen LogP contribution in [0.15, 0.2) is 0 Å². The van der Waals surface area contributed by atoms with E-state index in [1.165, 1.54) is 0 Å². The molecule has 56 valence electrons. The molecule has 0 radical (unpaired) electrons. The summed E-state index contributed by atoms with van der Waals surface area (Å²) < 4.78 is 3.95. The summed E-state index contributed by atoms with van der Waals surface area (Å²) in [5, 5.41) is 0. The lowest BCUT2D eigenvalue weighted by molar-refractivity contribution is -0.151. The summed E-state index contributed by atoms with van der Waals surface area (Å²) >= 11 is 0. The molecular weight excluding hydrogens is 136 g/mol. The monoisotopic (exact) mass is 144 g/mol. The van der Waals surface area contributed by atoms with Gasteiger partial charge in [-0.1, -0.05) is 0 Å². The topological polar surface area (TPSA) is 60.4 Å². The Bertz CT molecular complexity index is 130. The van der Waals surface area contributed by atoms with Gasteiger partial charge in [0, 0.05) is 12.8 Å². The van der Waals surface area contributed by atoms with Crippen molar-refractivity contribution in [1.82, 2.24) is 0 Å². The number of esters is 1. The van der Waals surface area contributed by atoms with Gasteiger partial charge in [0.15, 0.2) is 0 Å². The van der Waals surface area contributed by atoms with Gasteiger partial charge in [-0.05, 0) is 6.42 Å². The lowest BCUT2D eigenvalue weighted by atomic mass is 10.2. The summed E-state index contributed by atoms with van der Waals surface area (Å²) in [7, 11) is 0. The molecular formula is C6H8O4. The molecule has 0 saturated heterocycles. The number of carbonyl (C=O) groups is 3. The van der Waals surface area contributed by atoms with E-state index in [1.807, 2.05) is 0 Å². The zero-order chi connectivity index (χ0) is 7.82. The number of carbonyl (C=O) groups excluding carboxylic acids is 3. The van der Waals surface area contributed by atoms with E-state index in [1.54, 1.807) is 0 Å². The Morgan fingerprint density at radius 2 is 2.10 bits per heavy atom. The van der Waals surface area contributed by atoms with Crippen LogP contribution in [0.5, 0.6) is 0 Å². The maximum absolute atomic E-state index is 10.3. The Morgan fingerprint density at radius 1 is 1.40 bits per heavy atom. The third-order valence-corrected chi connectivity index (χ3v) is 0.882. The van der Waals surface area contributed by atoms with Gasteiger partial charge in [-0.15, -0.1) is 0 Å². The van der Waals surface area contributed by atoms with Crippen LogP contribution in [0.2, 0.25) is 0 Å². The second-order valence-corrected chi connectivity index (χ2v) is 1.64. The Balaban J connectivity index is 3.20. The smallest absolute Gasteiger partial charge is 0.313 e. The zero-order valence-electron chi connectivity index (χ0n) is 5.41. The number of unbranched alkanes of at least 4 members (excludes halogenated alkanes) is 1. The van der Waals surface area contributed by atoms with Gasteiger partial charge in [-0.2, -0.15) is 0 Å². The Hall–Kier alpha value is -1.19. The molecule has 0 rings (SSSR count). The summed E-state index contributed by atoms with van der Waals surface area (Å²) in [6, 6.07) is 0. The molecule has 0 bridgehead atoms. The molecule has 0 amide bonds. The van der Waals surface area contributed by atoms with Gasteiger partial charge < -0.3 is 9.53 Å². The van der Waals surface area contributed by atoms with E-state index in [9.17, 15) is 14.4 Å². The normalized spacial score (nSPS) is 8.40. The maximum atomic E-state index is 10.3. The third kappa shape index (κ3) is 4.96. The average molecular weight is 144 g/mol. The van der Waals surface area contributed by atoms with Crippen LogP contribution in [0, 0.1) is 0 Å². The summed E-state index contributed by atoms with van der Waals surface area (Å²) in [6.07, 6.45) is 1.61. The van der Waals surface area contributed by atoms with Crippen LogP contribution in [0.1, 0.15) is 19.3 Å². The molecule has 4 heteroatoms. The highest BCUT2D eigenvalue weighted by molar-refractivity contribution is 5.76. The highest BCUT2D eigenvalue weighted by atomic mass is 16.6. The number of hydrogen-bond donors (Lipinski definition) is 0. The summed E-state index contributed by atoms with van der Waals surface area (Å²) in [4.78, 5) is 29.6. The van der Waals surface area contributed by atoms with E-state index in [-0.39, 0.29) is 12.9 Å². The Morgan fingerprint density at radius 3 is 2.60 bits per heavy atom. The first-order valence-corrected chi connectivity index (χ1v) is 2.88. The van der Waals surface area contributed by atoms with Crippen LogP contribution in [0.4, 0.5) is 0 Å². The molecule has 4 nitrogen and oxygen atoms in total. The van der Waals surface area contributed by atoms with Crippen molar-refractivity contribution < 1.29 is 19.1 Å². The van der Waals surface area contributed by atoms with Gasteiger partial charge in [0.2, 0.25) is 0 Å². The molecule has 0 fully saturated rings. The first-order chi connectivity index (χ1) is 4.81.